The first kappa shape index (κ1) is 21.7. The minimum atomic E-state index is -3.32. The van der Waals surface area contributed by atoms with Gasteiger partial charge >= 0.3 is 7.60 Å². The van der Waals surface area contributed by atoms with Crippen LogP contribution in [0.25, 0.3) is 11.2 Å². The molecule has 29 heavy (non-hydrogen) atoms. The molecule has 0 bridgehead atoms. The Labute approximate surface area is 169 Å². The molecule has 0 aromatic carbocycles. The maximum Gasteiger partial charge on any atom is 0.356 e. The normalized spacial score (nSPS) is 19.8. The summed E-state index contributed by atoms with van der Waals surface area (Å²) >= 11 is 0. The highest BCUT2D eigenvalue weighted by Gasteiger charge is 2.29. The second kappa shape index (κ2) is 8.79. The summed E-state index contributed by atoms with van der Waals surface area (Å²) in [6.07, 6.45) is 5.83. The molecule has 2 aromatic rings. The monoisotopic (exact) mass is 425 g/mol. The maximum atomic E-state index is 12.8. The van der Waals surface area contributed by atoms with Crippen molar-refractivity contribution in [2.45, 2.75) is 52.4 Å². The second-order valence-electron chi connectivity index (χ2n) is 7.64. The summed E-state index contributed by atoms with van der Waals surface area (Å²) in [5.74, 6) is 0.167. The number of ether oxygens (including phenoxy) is 1. The Morgan fingerprint density at radius 1 is 1.28 bits per heavy atom. The Kier molecular flexibility index (Phi) is 6.58. The molecule has 10 nitrogen and oxygen atoms in total. The van der Waals surface area contributed by atoms with E-state index in [1.54, 1.807) is 6.33 Å². The van der Waals surface area contributed by atoms with E-state index in [9.17, 15) is 9.36 Å². The molecule has 0 aliphatic heterocycles. The molecule has 2 atom stereocenters. The number of H-pyrrole nitrogens is 1. The van der Waals surface area contributed by atoms with E-state index in [-0.39, 0.29) is 47.5 Å². The molecular weight excluding hydrogens is 397 g/mol. The molecular formula is C18H28N5O5P. The number of rotatable bonds is 9. The smallest absolute Gasteiger partial charge is 0.356 e. The summed E-state index contributed by atoms with van der Waals surface area (Å²) in [6.45, 7) is 7.61. The van der Waals surface area contributed by atoms with E-state index in [1.165, 1.54) is 0 Å². The zero-order chi connectivity index (χ0) is 21.2. The van der Waals surface area contributed by atoms with Crippen molar-refractivity contribution < 1.29 is 18.3 Å². The molecule has 0 radical (unpaired) electrons. The standard InChI is InChI=1S/C18H28N5O5P/c1-11(2)27-29(25,28-12(3)4)10-26-8-13-5-6-14(7-13)23-9-20-15-16(23)21-18(19)22-17(15)24/h5-6,9,11-14H,7-8,10H2,1-4H3,(H3,19,21,22,24)/t13-,14+/m1/s1. The van der Waals surface area contributed by atoms with Gasteiger partial charge < -0.3 is 24.1 Å². The molecule has 0 amide bonds. The van der Waals surface area contributed by atoms with Crippen LogP contribution in [-0.4, -0.2) is 44.7 Å². The summed E-state index contributed by atoms with van der Waals surface area (Å²) < 4.78 is 31.3. The van der Waals surface area contributed by atoms with Gasteiger partial charge in [0.1, 0.15) is 6.35 Å². The van der Waals surface area contributed by atoms with Gasteiger partial charge in [0.25, 0.3) is 5.56 Å². The molecule has 0 spiro atoms. The van der Waals surface area contributed by atoms with Crippen LogP contribution in [0.15, 0.2) is 23.3 Å². The second-order valence-corrected chi connectivity index (χ2v) is 9.54. The van der Waals surface area contributed by atoms with Crippen molar-refractivity contribution >= 4 is 24.7 Å². The third-order valence-electron chi connectivity index (χ3n) is 4.28. The summed E-state index contributed by atoms with van der Waals surface area (Å²) in [5.41, 5.74) is 6.00. The number of aromatic amines is 1. The molecule has 0 unspecified atom stereocenters. The van der Waals surface area contributed by atoms with Crippen molar-refractivity contribution in [1.29, 1.82) is 0 Å². The van der Waals surface area contributed by atoms with E-state index in [2.05, 4.69) is 15.0 Å². The van der Waals surface area contributed by atoms with Crippen molar-refractivity contribution in [3.63, 3.8) is 0 Å². The van der Waals surface area contributed by atoms with Gasteiger partial charge in [-0.25, -0.2) is 4.98 Å². The minimum Gasteiger partial charge on any atom is -0.369 e. The van der Waals surface area contributed by atoms with Gasteiger partial charge in [-0.15, -0.1) is 0 Å². The number of nitrogen functional groups attached to an aromatic ring is 1. The molecule has 0 saturated carbocycles. The Hall–Kier alpha value is -2.00. The van der Waals surface area contributed by atoms with E-state index in [4.69, 9.17) is 19.5 Å². The topological polar surface area (TPSA) is 134 Å². The fourth-order valence-electron chi connectivity index (χ4n) is 3.31. The number of allylic oxidation sites excluding steroid dienone is 1. The van der Waals surface area contributed by atoms with Gasteiger partial charge in [0, 0.05) is 5.92 Å². The van der Waals surface area contributed by atoms with Gasteiger partial charge in [-0.1, -0.05) is 12.2 Å². The van der Waals surface area contributed by atoms with Gasteiger partial charge in [-0.05, 0) is 34.1 Å². The van der Waals surface area contributed by atoms with Crippen molar-refractivity contribution in [3.05, 3.63) is 28.8 Å². The highest BCUT2D eigenvalue weighted by Crippen LogP contribution is 2.50. The molecule has 1 aliphatic rings. The zero-order valence-corrected chi connectivity index (χ0v) is 18.0. The van der Waals surface area contributed by atoms with Crippen LogP contribution >= 0.6 is 7.60 Å². The summed E-state index contributed by atoms with van der Waals surface area (Å²) in [4.78, 5) is 22.7. The first-order chi connectivity index (χ1) is 13.7. The lowest BCUT2D eigenvalue weighted by molar-refractivity contribution is 0.0892. The van der Waals surface area contributed by atoms with Gasteiger partial charge in [0.15, 0.2) is 11.2 Å². The molecule has 11 heteroatoms. The van der Waals surface area contributed by atoms with E-state index < -0.39 is 7.60 Å². The number of nitrogens with zero attached hydrogens (tertiary/aromatic N) is 3. The number of anilines is 1. The minimum absolute atomic E-state index is 0.0204. The van der Waals surface area contributed by atoms with Gasteiger partial charge in [0.2, 0.25) is 5.95 Å². The fourth-order valence-corrected chi connectivity index (χ4v) is 5.10. The largest absolute Gasteiger partial charge is 0.369 e. The molecule has 160 valence electrons. The molecule has 1 aliphatic carbocycles. The Morgan fingerprint density at radius 3 is 2.62 bits per heavy atom. The van der Waals surface area contributed by atoms with Crippen molar-refractivity contribution in [2.75, 3.05) is 18.7 Å². The van der Waals surface area contributed by atoms with Crippen LogP contribution in [-0.2, 0) is 18.3 Å². The Balaban J connectivity index is 1.60. The average molecular weight is 425 g/mol. The van der Waals surface area contributed by atoms with Gasteiger partial charge in [-0.3, -0.25) is 14.3 Å². The van der Waals surface area contributed by atoms with Crippen LogP contribution in [0.1, 0.15) is 40.2 Å². The molecule has 0 saturated heterocycles. The van der Waals surface area contributed by atoms with Crippen LogP contribution in [0.3, 0.4) is 0 Å². The fraction of sp³-hybridized carbons (Fsp3) is 0.611. The number of fused-ring (bicyclic) bond motifs is 1. The van der Waals surface area contributed by atoms with Crippen molar-refractivity contribution in [1.82, 2.24) is 19.5 Å². The van der Waals surface area contributed by atoms with E-state index in [0.717, 1.165) is 6.42 Å². The lowest BCUT2D eigenvalue weighted by Crippen LogP contribution is -2.15. The van der Waals surface area contributed by atoms with Crippen LogP contribution in [0, 0.1) is 5.92 Å². The van der Waals surface area contributed by atoms with E-state index >= 15 is 0 Å². The number of aromatic nitrogens is 4. The third-order valence-corrected chi connectivity index (χ3v) is 6.27. The Bertz CT molecular complexity index is 969. The quantitative estimate of drug-likeness (QED) is 0.463. The van der Waals surface area contributed by atoms with Crippen LogP contribution in [0.4, 0.5) is 5.95 Å². The molecule has 3 rings (SSSR count). The Morgan fingerprint density at radius 2 is 1.97 bits per heavy atom. The first-order valence-electron chi connectivity index (χ1n) is 9.61. The summed E-state index contributed by atoms with van der Waals surface area (Å²) in [5, 5.41) is 0. The van der Waals surface area contributed by atoms with E-state index in [0.29, 0.717) is 12.3 Å². The van der Waals surface area contributed by atoms with Crippen LogP contribution in [0.5, 0.6) is 0 Å². The average Bonchev–Trinajstić information content (AvgIpc) is 3.19. The number of hydrogen-bond acceptors (Lipinski definition) is 8. The maximum absolute atomic E-state index is 12.8. The molecule has 3 N–H and O–H groups in total. The molecule has 2 heterocycles. The predicted molar refractivity (Wildman–Crippen MR) is 110 cm³/mol. The highest BCUT2D eigenvalue weighted by atomic mass is 31.2. The molecule has 2 aromatic heterocycles. The number of imidazole rings is 1. The number of hydrogen-bond donors (Lipinski definition) is 2. The summed E-state index contributed by atoms with van der Waals surface area (Å²) in [6, 6.07) is -0.0204. The van der Waals surface area contributed by atoms with Gasteiger partial charge in [-0.2, -0.15) is 4.98 Å². The third kappa shape index (κ3) is 5.33. The van der Waals surface area contributed by atoms with E-state index in [1.807, 2.05) is 44.4 Å². The SMILES string of the molecule is CC(C)OP(=O)(COC[C@@H]1C=C[C@H](n2cnc3c(=O)[nH]c(N)nc32)C1)OC(C)C. The lowest BCUT2D eigenvalue weighted by atomic mass is 10.1. The number of nitrogens with one attached hydrogen (secondary N) is 1. The highest BCUT2D eigenvalue weighted by molar-refractivity contribution is 7.53. The van der Waals surface area contributed by atoms with Crippen LogP contribution < -0.4 is 11.3 Å². The molecule has 0 fully saturated rings. The lowest BCUT2D eigenvalue weighted by Gasteiger charge is -2.23. The predicted octanol–water partition coefficient (Wildman–Crippen LogP) is 2.84. The van der Waals surface area contributed by atoms with Gasteiger partial charge in [0.05, 0.1) is 31.2 Å². The van der Waals surface area contributed by atoms with Crippen molar-refractivity contribution in [2.24, 2.45) is 5.92 Å². The summed E-state index contributed by atoms with van der Waals surface area (Å²) in [7, 11) is -3.32. The zero-order valence-electron chi connectivity index (χ0n) is 17.1. The first-order valence-corrected chi connectivity index (χ1v) is 11.3. The van der Waals surface area contributed by atoms with Crippen LogP contribution in [0.2, 0.25) is 0 Å². The number of nitrogens with two attached hydrogens (primary N) is 1. The van der Waals surface area contributed by atoms with Crippen molar-refractivity contribution in [3.8, 4) is 0 Å².